The summed E-state index contributed by atoms with van der Waals surface area (Å²) in [6.45, 7) is 0.493. The molecular formula is C25H26N4O3S. The smallest absolute Gasteiger partial charge is 0.238 e. The first-order valence-electron chi connectivity index (χ1n) is 11.0. The second-order valence-electron chi connectivity index (χ2n) is 8.41. The van der Waals surface area contributed by atoms with Gasteiger partial charge in [0.25, 0.3) is 0 Å². The molecular weight excluding hydrogens is 436 g/mol. The van der Waals surface area contributed by atoms with E-state index in [0.717, 1.165) is 41.1 Å². The van der Waals surface area contributed by atoms with Gasteiger partial charge < -0.3 is 10.5 Å². The van der Waals surface area contributed by atoms with Crippen LogP contribution in [0, 0.1) is 0 Å². The van der Waals surface area contributed by atoms with Gasteiger partial charge in [0.05, 0.1) is 22.3 Å². The van der Waals surface area contributed by atoms with E-state index < -0.39 is 10.0 Å². The molecule has 0 spiro atoms. The summed E-state index contributed by atoms with van der Waals surface area (Å²) in [5, 5.41) is 12.2. The van der Waals surface area contributed by atoms with Gasteiger partial charge >= 0.3 is 0 Å². The predicted octanol–water partition coefficient (Wildman–Crippen LogP) is 3.17. The Bertz CT molecular complexity index is 1290. The molecule has 4 N–H and O–H groups in total. The van der Waals surface area contributed by atoms with Gasteiger partial charge in [-0.05, 0) is 59.9 Å². The van der Waals surface area contributed by atoms with Crippen LogP contribution in [0.15, 0.2) is 82.8 Å². The molecule has 0 aromatic heterocycles. The fourth-order valence-corrected chi connectivity index (χ4v) is 5.00. The summed E-state index contributed by atoms with van der Waals surface area (Å²) in [6.07, 6.45) is 2.48. The largest absolute Gasteiger partial charge is 0.488 e. The second kappa shape index (κ2) is 8.62. The van der Waals surface area contributed by atoms with E-state index in [9.17, 15) is 8.42 Å². The standard InChI is InChI=1S/C25H26N4O3S/c26-16-17-5-7-18(8-6-17)22-15-23(25-14-9-19-3-1-2-4-24(19)32-25)29(28-22)20-10-12-21(13-11-20)33(27,30)31/h1-8,10-13,23,25H,9,14-16,26H2,(H2,27,30,31). The third-order valence-electron chi connectivity index (χ3n) is 6.28. The molecule has 3 aromatic rings. The number of ether oxygens (including phenoxy) is 1. The summed E-state index contributed by atoms with van der Waals surface area (Å²) in [4.78, 5) is 0.0754. The van der Waals surface area contributed by atoms with Crippen molar-refractivity contribution in [3.05, 3.63) is 89.5 Å². The summed E-state index contributed by atoms with van der Waals surface area (Å²) in [7, 11) is -3.76. The third-order valence-corrected chi connectivity index (χ3v) is 7.21. The summed E-state index contributed by atoms with van der Waals surface area (Å²) in [6, 6.07) is 22.7. The van der Waals surface area contributed by atoms with Gasteiger partial charge in [-0.25, -0.2) is 13.6 Å². The average Bonchev–Trinajstić information content (AvgIpc) is 3.29. The molecule has 2 aliphatic rings. The highest BCUT2D eigenvalue weighted by Crippen LogP contribution is 2.35. The maximum absolute atomic E-state index is 11.7. The van der Waals surface area contributed by atoms with Crippen molar-refractivity contribution in [3.8, 4) is 5.75 Å². The number of sulfonamides is 1. The lowest BCUT2D eigenvalue weighted by Gasteiger charge is -2.34. The molecule has 33 heavy (non-hydrogen) atoms. The molecule has 0 saturated carbocycles. The highest BCUT2D eigenvalue weighted by atomic mass is 32.2. The van der Waals surface area contributed by atoms with Gasteiger partial charge in [0, 0.05) is 13.0 Å². The van der Waals surface area contributed by atoms with E-state index in [1.165, 1.54) is 17.7 Å². The molecule has 0 aliphatic carbocycles. The molecule has 2 heterocycles. The molecule has 0 radical (unpaired) electrons. The molecule has 170 valence electrons. The van der Waals surface area contributed by atoms with Crippen LogP contribution >= 0.6 is 0 Å². The second-order valence-corrected chi connectivity index (χ2v) is 9.97. The van der Waals surface area contributed by atoms with Crippen molar-refractivity contribution in [2.75, 3.05) is 5.01 Å². The van der Waals surface area contributed by atoms with Crippen molar-refractivity contribution in [2.24, 2.45) is 16.0 Å². The Hall–Kier alpha value is -3.20. The number of hydrazone groups is 1. The fraction of sp³-hybridized carbons (Fsp3) is 0.240. The lowest BCUT2D eigenvalue weighted by Crippen LogP contribution is -2.43. The highest BCUT2D eigenvalue weighted by Gasteiger charge is 2.38. The summed E-state index contributed by atoms with van der Waals surface area (Å²) in [5.74, 6) is 0.916. The predicted molar refractivity (Wildman–Crippen MR) is 129 cm³/mol. The number of anilines is 1. The number of nitrogens with two attached hydrogens (primary N) is 2. The van der Waals surface area contributed by atoms with Gasteiger partial charge in [0.15, 0.2) is 0 Å². The minimum absolute atomic E-state index is 0.0251. The van der Waals surface area contributed by atoms with E-state index >= 15 is 0 Å². The van der Waals surface area contributed by atoms with Crippen LogP contribution in [0.25, 0.3) is 0 Å². The first kappa shape index (κ1) is 21.6. The first-order valence-corrected chi connectivity index (χ1v) is 12.5. The number of nitrogens with zero attached hydrogens (tertiary/aromatic N) is 2. The van der Waals surface area contributed by atoms with Crippen LogP contribution < -0.4 is 20.6 Å². The molecule has 2 unspecified atom stereocenters. The van der Waals surface area contributed by atoms with Crippen LogP contribution in [0.1, 0.15) is 29.5 Å². The average molecular weight is 463 g/mol. The van der Waals surface area contributed by atoms with Gasteiger partial charge in [-0.3, -0.25) is 5.01 Å². The maximum atomic E-state index is 11.7. The maximum Gasteiger partial charge on any atom is 0.238 e. The van der Waals surface area contributed by atoms with E-state index in [-0.39, 0.29) is 17.0 Å². The minimum atomic E-state index is -3.76. The van der Waals surface area contributed by atoms with Crippen LogP contribution in [0.4, 0.5) is 5.69 Å². The Morgan fingerprint density at radius 3 is 2.42 bits per heavy atom. The summed E-state index contributed by atoms with van der Waals surface area (Å²) >= 11 is 0. The zero-order valence-corrected chi connectivity index (χ0v) is 18.9. The zero-order valence-electron chi connectivity index (χ0n) is 18.1. The SMILES string of the molecule is NCc1ccc(C2=NN(c3ccc(S(N)(=O)=O)cc3)C(C3CCc4ccccc4O3)C2)cc1. The molecule has 0 amide bonds. The number of hydrogen-bond acceptors (Lipinski definition) is 6. The van der Waals surface area contributed by atoms with Crippen molar-refractivity contribution in [1.29, 1.82) is 0 Å². The van der Waals surface area contributed by atoms with Crippen LogP contribution in [0.3, 0.4) is 0 Å². The van der Waals surface area contributed by atoms with E-state index in [4.69, 9.17) is 20.7 Å². The van der Waals surface area contributed by atoms with Crippen LogP contribution in [-0.2, 0) is 23.0 Å². The quantitative estimate of drug-likeness (QED) is 0.605. The molecule has 0 bridgehead atoms. The molecule has 3 aromatic carbocycles. The van der Waals surface area contributed by atoms with E-state index in [1.54, 1.807) is 12.1 Å². The lowest BCUT2D eigenvalue weighted by atomic mass is 9.93. The van der Waals surface area contributed by atoms with E-state index in [1.807, 2.05) is 47.5 Å². The van der Waals surface area contributed by atoms with Crippen molar-refractivity contribution in [3.63, 3.8) is 0 Å². The van der Waals surface area contributed by atoms with E-state index in [2.05, 4.69) is 6.07 Å². The highest BCUT2D eigenvalue weighted by molar-refractivity contribution is 7.89. The van der Waals surface area contributed by atoms with Crippen molar-refractivity contribution < 1.29 is 13.2 Å². The summed E-state index contributed by atoms with van der Waals surface area (Å²) in [5.41, 5.74) is 10.8. The molecule has 8 heteroatoms. The Balaban J connectivity index is 1.48. The molecule has 7 nitrogen and oxygen atoms in total. The Morgan fingerprint density at radius 2 is 1.73 bits per heavy atom. The Morgan fingerprint density at radius 1 is 1.00 bits per heavy atom. The number of para-hydroxylation sites is 1. The van der Waals surface area contributed by atoms with Crippen LogP contribution in [0.5, 0.6) is 5.75 Å². The minimum Gasteiger partial charge on any atom is -0.488 e. The van der Waals surface area contributed by atoms with Crippen LogP contribution in [-0.4, -0.2) is 26.3 Å². The van der Waals surface area contributed by atoms with Gasteiger partial charge in [-0.2, -0.15) is 5.10 Å². The van der Waals surface area contributed by atoms with Gasteiger partial charge in [0.2, 0.25) is 10.0 Å². The van der Waals surface area contributed by atoms with Gasteiger partial charge in [0.1, 0.15) is 11.9 Å². The topological polar surface area (TPSA) is 111 Å². The Labute approximate surface area is 193 Å². The molecule has 0 saturated heterocycles. The van der Waals surface area contributed by atoms with Gasteiger partial charge in [-0.1, -0.05) is 42.5 Å². The normalized spacial score (nSPS) is 20.2. The van der Waals surface area contributed by atoms with Gasteiger partial charge in [-0.15, -0.1) is 0 Å². The fourth-order valence-electron chi connectivity index (χ4n) is 4.48. The number of aryl methyl sites for hydroxylation is 1. The molecule has 0 fully saturated rings. The van der Waals surface area contributed by atoms with Crippen molar-refractivity contribution in [2.45, 2.75) is 42.8 Å². The van der Waals surface area contributed by atoms with E-state index in [0.29, 0.717) is 13.0 Å². The zero-order chi connectivity index (χ0) is 23.0. The van der Waals surface area contributed by atoms with Crippen LogP contribution in [0.2, 0.25) is 0 Å². The molecule has 2 aliphatic heterocycles. The number of benzene rings is 3. The Kier molecular flexibility index (Phi) is 5.65. The first-order chi connectivity index (χ1) is 15.9. The third kappa shape index (κ3) is 4.37. The monoisotopic (exact) mass is 462 g/mol. The van der Waals surface area contributed by atoms with Crippen molar-refractivity contribution in [1.82, 2.24) is 0 Å². The number of fused-ring (bicyclic) bond motifs is 1. The van der Waals surface area contributed by atoms with Crippen molar-refractivity contribution >= 4 is 21.4 Å². The number of primary sulfonamides is 1. The molecule has 2 atom stereocenters. The molecule has 5 rings (SSSR count). The number of hydrogen-bond donors (Lipinski definition) is 2. The summed E-state index contributed by atoms with van der Waals surface area (Å²) < 4.78 is 29.8. The number of rotatable bonds is 5. The lowest BCUT2D eigenvalue weighted by molar-refractivity contribution is 0.146.